The van der Waals surface area contributed by atoms with Crippen LogP contribution < -0.4 is 0 Å². The first-order valence-electron chi connectivity index (χ1n) is 19.9. The van der Waals surface area contributed by atoms with Gasteiger partial charge in [-0.05, 0) is 57.1 Å². The molecular formula is C43H70O11. The van der Waals surface area contributed by atoms with Gasteiger partial charge in [0, 0.05) is 0 Å². The summed E-state index contributed by atoms with van der Waals surface area (Å²) in [5.74, 6) is 1.91. The van der Waals surface area contributed by atoms with E-state index < -0.39 is 24.6 Å². The van der Waals surface area contributed by atoms with Gasteiger partial charge in [-0.3, -0.25) is 0 Å². The second-order valence-electron chi connectivity index (χ2n) is 15.2. The molecule has 11 nitrogen and oxygen atoms in total. The Morgan fingerprint density at radius 2 is 0.778 bits per heavy atom. The van der Waals surface area contributed by atoms with Crippen LogP contribution in [0.25, 0.3) is 0 Å². The van der Waals surface area contributed by atoms with Crippen molar-refractivity contribution in [3.63, 3.8) is 0 Å². The lowest BCUT2D eigenvalue weighted by molar-refractivity contribution is -0.178. The van der Waals surface area contributed by atoms with Crippen molar-refractivity contribution in [1.29, 1.82) is 0 Å². The minimum Gasteiger partial charge on any atom is -0.387 e. The Kier molecular flexibility index (Phi) is 22.3. The summed E-state index contributed by atoms with van der Waals surface area (Å²) in [4.78, 5) is 0. The third kappa shape index (κ3) is 17.4. The van der Waals surface area contributed by atoms with E-state index in [1.165, 1.54) is 33.4 Å². The smallest absolute Gasteiger partial charge is 0.186 e. The van der Waals surface area contributed by atoms with E-state index in [4.69, 9.17) is 42.6 Å². The molecule has 2 N–H and O–H groups in total. The van der Waals surface area contributed by atoms with Crippen LogP contribution in [-0.4, -0.2) is 121 Å². The average molecular weight is 763 g/mol. The summed E-state index contributed by atoms with van der Waals surface area (Å²) >= 11 is 0. The first-order valence-corrected chi connectivity index (χ1v) is 19.9. The fraction of sp³-hybridized carbons (Fsp3) is 0.721. The van der Waals surface area contributed by atoms with Crippen LogP contribution in [0.1, 0.15) is 112 Å². The van der Waals surface area contributed by atoms with Crippen molar-refractivity contribution in [2.45, 2.75) is 117 Å². The van der Waals surface area contributed by atoms with E-state index in [-0.39, 0.29) is 13.2 Å². The number of hydrogen-bond acceptors (Lipinski definition) is 11. The van der Waals surface area contributed by atoms with Gasteiger partial charge in [-0.15, -0.1) is 0 Å². The molecule has 0 bridgehead atoms. The molecule has 0 aromatic heterocycles. The molecule has 3 rings (SSSR count). The highest BCUT2D eigenvalue weighted by Gasteiger charge is 2.43. The Morgan fingerprint density at radius 3 is 1.15 bits per heavy atom. The van der Waals surface area contributed by atoms with Crippen molar-refractivity contribution in [1.82, 2.24) is 0 Å². The number of benzene rings is 2. The molecule has 1 heterocycles. The lowest BCUT2D eigenvalue weighted by Gasteiger charge is -2.15. The van der Waals surface area contributed by atoms with Crippen molar-refractivity contribution >= 4 is 0 Å². The van der Waals surface area contributed by atoms with Gasteiger partial charge in [0.05, 0.1) is 99.1 Å². The van der Waals surface area contributed by atoms with E-state index in [1.54, 1.807) is 0 Å². The van der Waals surface area contributed by atoms with Gasteiger partial charge >= 0.3 is 0 Å². The minimum absolute atomic E-state index is 0.106. The molecule has 0 aliphatic carbocycles. The van der Waals surface area contributed by atoms with Crippen LogP contribution >= 0.6 is 0 Å². The Morgan fingerprint density at radius 1 is 0.444 bits per heavy atom. The summed E-state index contributed by atoms with van der Waals surface area (Å²) < 4.78 is 50.9. The molecule has 2 aromatic carbocycles. The van der Waals surface area contributed by atoms with Crippen LogP contribution in [0.3, 0.4) is 0 Å². The molecule has 1 fully saturated rings. The molecule has 54 heavy (non-hydrogen) atoms. The monoisotopic (exact) mass is 762 g/mol. The summed E-state index contributed by atoms with van der Waals surface area (Å²) in [6.07, 6.45) is -3.95. The molecule has 1 aliphatic rings. The van der Waals surface area contributed by atoms with Crippen molar-refractivity contribution in [3.8, 4) is 0 Å². The maximum atomic E-state index is 10.4. The number of aliphatic hydroxyl groups excluding tert-OH is 2. The van der Waals surface area contributed by atoms with Crippen LogP contribution in [0, 0.1) is 0 Å². The highest BCUT2D eigenvalue weighted by molar-refractivity contribution is 5.34. The van der Waals surface area contributed by atoms with Crippen LogP contribution in [0.5, 0.6) is 0 Å². The highest BCUT2D eigenvalue weighted by Crippen LogP contribution is 2.26. The van der Waals surface area contributed by atoms with Crippen molar-refractivity contribution in [2.75, 3.05) is 85.9 Å². The fourth-order valence-corrected chi connectivity index (χ4v) is 5.78. The Bertz CT molecular complexity index is 1230. The predicted octanol–water partition coefficient (Wildman–Crippen LogP) is 6.46. The molecule has 308 valence electrons. The average Bonchev–Trinajstić information content (AvgIpc) is 3.41. The Balaban J connectivity index is 1.12. The number of aliphatic hydroxyl groups is 2. The molecule has 0 radical (unpaired) electrons. The van der Waals surface area contributed by atoms with E-state index in [9.17, 15) is 10.2 Å². The van der Waals surface area contributed by atoms with Gasteiger partial charge in [0.1, 0.15) is 18.3 Å². The van der Waals surface area contributed by atoms with E-state index >= 15 is 0 Å². The van der Waals surface area contributed by atoms with E-state index in [0.717, 1.165) is 0 Å². The Hall–Kier alpha value is -2.00. The SMILES string of the molecule is CC(C)c1cc(COCCOCCOCCOCC2OC(OCCOCCOCCOCc3cc(C(C)C)cc(C(C)C)c3)C(O)C2O)cc(C(C)C)c1. The van der Waals surface area contributed by atoms with Gasteiger partial charge in [-0.1, -0.05) is 91.8 Å². The standard InChI is InChI=1S/C43H70O11/c1-30(2)36-21-34(22-37(25-36)31(3)4)27-50-16-13-46-9-10-48-15-18-52-29-40-41(44)42(45)43(54-40)53-20-19-49-12-11-47-14-17-51-28-35-23-38(32(5)6)26-39(24-35)33(7)8/h21-26,30-33,40-45H,9-20,27-29H2,1-8H3. The molecule has 4 atom stereocenters. The number of rotatable bonds is 29. The second kappa shape index (κ2) is 26.0. The van der Waals surface area contributed by atoms with Gasteiger partial charge in [0.25, 0.3) is 0 Å². The van der Waals surface area contributed by atoms with Gasteiger partial charge < -0.3 is 52.8 Å². The third-order valence-corrected chi connectivity index (χ3v) is 9.25. The molecule has 1 aliphatic heterocycles. The Labute approximate surface area is 324 Å². The largest absolute Gasteiger partial charge is 0.387 e. The summed E-state index contributed by atoms with van der Waals surface area (Å²) in [6, 6.07) is 13.5. The van der Waals surface area contributed by atoms with Crippen LogP contribution in [0.15, 0.2) is 36.4 Å². The maximum absolute atomic E-state index is 10.4. The maximum Gasteiger partial charge on any atom is 0.186 e. The van der Waals surface area contributed by atoms with Gasteiger partial charge in [-0.2, -0.15) is 0 Å². The summed E-state index contributed by atoms with van der Waals surface area (Å²) in [5, 5.41) is 20.7. The van der Waals surface area contributed by atoms with Gasteiger partial charge in [0.2, 0.25) is 0 Å². The number of ether oxygens (including phenoxy) is 9. The van der Waals surface area contributed by atoms with Crippen molar-refractivity contribution in [3.05, 3.63) is 69.8 Å². The summed E-state index contributed by atoms with van der Waals surface area (Å²) in [6.45, 7) is 23.8. The lowest BCUT2D eigenvalue weighted by atomic mass is 9.93. The van der Waals surface area contributed by atoms with Crippen LogP contribution in [0.2, 0.25) is 0 Å². The normalized spacial score (nSPS) is 19.0. The molecule has 0 spiro atoms. The van der Waals surface area contributed by atoms with E-state index in [1.807, 2.05) is 0 Å². The zero-order chi connectivity index (χ0) is 39.3. The fourth-order valence-electron chi connectivity index (χ4n) is 5.78. The highest BCUT2D eigenvalue weighted by atomic mass is 16.7. The first kappa shape index (κ1) is 46.4. The van der Waals surface area contributed by atoms with Crippen LogP contribution in [-0.2, 0) is 55.8 Å². The molecule has 4 unspecified atom stereocenters. The quantitative estimate of drug-likeness (QED) is 0.0889. The van der Waals surface area contributed by atoms with E-state index in [0.29, 0.717) is 110 Å². The minimum atomic E-state index is -1.17. The molecule has 2 aromatic rings. The van der Waals surface area contributed by atoms with Crippen molar-refractivity contribution in [2.24, 2.45) is 0 Å². The van der Waals surface area contributed by atoms with Gasteiger partial charge in [-0.25, -0.2) is 0 Å². The zero-order valence-corrected chi connectivity index (χ0v) is 34.3. The summed E-state index contributed by atoms with van der Waals surface area (Å²) in [5.41, 5.74) is 7.74. The molecule has 11 heteroatoms. The molecule has 1 saturated heterocycles. The summed E-state index contributed by atoms with van der Waals surface area (Å²) in [7, 11) is 0. The van der Waals surface area contributed by atoms with Gasteiger partial charge in [0.15, 0.2) is 6.29 Å². The number of hydrogen-bond donors (Lipinski definition) is 2. The van der Waals surface area contributed by atoms with E-state index in [2.05, 4.69) is 91.8 Å². The molecule has 0 saturated carbocycles. The predicted molar refractivity (Wildman–Crippen MR) is 209 cm³/mol. The molecular weight excluding hydrogens is 692 g/mol. The third-order valence-electron chi connectivity index (χ3n) is 9.25. The van der Waals surface area contributed by atoms with Crippen molar-refractivity contribution < 1.29 is 52.8 Å². The lowest BCUT2D eigenvalue weighted by Crippen LogP contribution is -2.35. The molecule has 0 amide bonds. The van der Waals surface area contributed by atoms with Crippen LogP contribution in [0.4, 0.5) is 0 Å². The second-order valence-corrected chi connectivity index (χ2v) is 15.2. The zero-order valence-electron chi connectivity index (χ0n) is 34.3. The first-order chi connectivity index (χ1) is 26.0. The topological polar surface area (TPSA) is 124 Å².